The minimum Gasteiger partial charge on any atom is -0.459 e. The Morgan fingerprint density at radius 3 is 2.40 bits per heavy atom. The van der Waals surface area contributed by atoms with Gasteiger partial charge in [0.1, 0.15) is 36.6 Å². The second kappa shape index (κ2) is 20.7. The van der Waals surface area contributed by atoms with E-state index in [-0.39, 0.29) is 24.0 Å². The van der Waals surface area contributed by atoms with Gasteiger partial charge in [0.25, 0.3) is 0 Å². The number of methoxy groups -OCH3 is 1. The molecule has 15 heteroatoms. The molecular weight excluding hydrogens is 748 g/mol. The number of carbonyl (C=O) groups excluding carboxylic acids is 1. The van der Waals surface area contributed by atoms with Crippen LogP contribution in [-0.2, 0) is 30.2 Å². The Hall–Kier alpha value is -2.76. The third kappa shape index (κ3) is 12.0. The van der Waals surface area contributed by atoms with Gasteiger partial charge in [-0.25, -0.2) is 9.07 Å². The molecule has 4 rings (SSSR count). The highest BCUT2D eigenvalue weighted by atomic mass is 19.1. The van der Waals surface area contributed by atoms with Crippen LogP contribution in [0.15, 0.2) is 30.5 Å². The maximum Gasteiger partial charge on any atom is 0.309 e. The number of cyclic esters (lactones) is 1. The lowest BCUT2D eigenvalue weighted by atomic mass is 9.79. The van der Waals surface area contributed by atoms with Crippen LogP contribution in [0.25, 0.3) is 0 Å². The van der Waals surface area contributed by atoms with Crippen molar-refractivity contribution in [3.05, 3.63) is 41.7 Å². The molecule has 14 nitrogen and oxygen atoms in total. The molecule has 0 unspecified atom stereocenters. The number of aliphatic hydroxyl groups is 3. The average molecular weight is 821 g/mol. The second-order valence-corrected chi connectivity index (χ2v) is 18.0. The van der Waals surface area contributed by atoms with Crippen molar-refractivity contribution in [1.29, 1.82) is 0 Å². The van der Waals surface area contributed by atoms with E-state index < -0.39 is 72.6 Å². The van der Waals surface area contributed by atoms with E-state index in [1.165, 1.54) is 11.6 Å². The van der Waals surface area contributed by atoms with Crippen LogP contribution in [0.4, 0.5) is 10.1 Å². The average Bonchev–Trinajstić information content (AvgIpc) is 3.64. The Morgan fingerprint density at radius 2 is 1.78 bits per heavy atom. The van der Waals surface area contributed by atoms with Crippen LogP contribution in [0.3, 0.4) is 0 Å². The van der Waals surface area contributed by atoms with Gasteiger partial charge in [0.05, 0.1) is 29.4 Å². The van der Waals surface area contributed by atoms with Crippen LogP contribution in [0.2, 0.25) is 0 Å². The first-order chi connectivity index (χ1) is 27.2. The standard InChI is InChI=1S/C43H73FN6O8/c1-12-36-43(8,54)39(51)30(6)49(10)24-26(2)22-42(7,53)40(27(3)19-28(4)41(52)57-36)58-37-21-34(20-29(5)56-37)48(9)18-17-33-25-50(47-46-33)35(23-44)38(55-11)31-13-15-32(45)16-14-31/h13-16,25-30,34-40,51,53-54H,12,17-24,45H2,1-11H3/t26-,27+,28-,29-,30-,34+,35-,36-,37+,38-,39-,40-,42-,43-/m1/s1. The number of ether oxygens (including phenoxy) is 4. The number of aliphatic hydroxyl groups excluding tert-OH is 1. The van der Waals surface area contributed by atoms with E-state index in [0.717, 1.165) is 17.7 Å². The molecule has 0 radical (unpaired) electrons. The van der Waals surface area contributed by atoms with Gasteiger partial charge in [-0.05, 0) is 97.0 Å². The van der Waals surface area contributed by atoms with Crippen molar-refractivity contribution in [2.45, 2.75) is 160 Å². The van der Waals surface area contributed by atoms with Crippen LogP contribution < -0.4 is 5.73 Å². The highest BCUT2D eigenvalue weighted by molar-refractivity contribution is 5.72. The Bertz CT molecular complexity index is 1560. The first-order valence-electron chi connectivity index (χ1n) is 21.1. The number of nitrogens with zero attached hydrogens (tertiary/aromatic N) is 5. The lowest BCUT2D eigenvalue weighted by molar-refractivity contribution is -0.262. The molecule has 2 aliphatic heterocycles. The van der Waals surface area contributed by atoms with E-state index in [9.17, 15) is 24.5 Å². The van der Waals surface area contributed by atoms with Crippen LogP contribution in [0.1, 0.15) is 111 Å². The second-order valence-electron chi connectivity index (χ2n) is 18.0. The number of benzene rings is 1. The van der Waals surface area contributed by atoms with Gasteiger partial charge >= 0.3 is 5.97 Å². The Balaban J connectivity index is 1.47. The van der Waals surface area contributed by atoms with Gasteiger partial charge in [-0.2, -0.15) is 0 Å². The summed E-state index contributed by atoms with van der Waals surface area (Å²) >= 11 is 0. The van der Waals surface area contributed by atoms with Gasteiger partial charge in [-0.1, -0.05) is 45.0 Å². The van der Waals surface area contributed by atoms with Gasteiger partial charge in [0.15, 0.2) is 6.29 Å². The smallest absolute Gasteiger partial charge is 0.309 e. The Morgan fingerprint density at radius 1 is 1.10 bits per heavy atom. The molecule has 58 heavy (non-hydrogen) atoms. The third-order valence-corrected chi connectivity index (χ3v) is 12.7. The van der Waals surface area contributed by atoms with E-state index >= 15 is 0 Å². The zero-order valence-corrected chi connectivity index (χ0v) is 36.8. The SMILES string of the molecule is CC[C@H]1OC(=O)[C@H](C)C[C@H](C)[C@@H](O[C@H]2C[C@@H](N(C)CCc3cn([C@H](CF)[C@H](OC)c4ccc(N)cc4)nn3)C[C@@H](C)O2)[C@](C)(O)C[C@@H](C)CN(C)[C@H](C)[C@@H](O)[C@]1(C)O. The molecule has 0 saturated carbocycles. The molecule has 5 N–H and O–H groups in total. The van der Waals surface area contributed by atoms with Crippen LogP contribution in [-0.4, -0.2) is 141 Å². The molecule has 0 spiro atoms. The molecule has 0 amide bonds. The summed E-state index contributed by atoms with van der Waals surface area (Å²) in [6.45, 7) is 15.4. The van der Waals surface area contributed by atoms with Crippen molar-refractivity contribution in [2.75, 3.05) is 46.7 Å². The fourth-order valence-electron chi connectivity index (χ4n) is 9.24. The molecule has 2 aromatic rings. The normalized spacial score (nSPS) is 36.2. The van der Waals surface area contributed by atoms with Crippen molar-refractivity contribution in [1.82, 2.24) is 24.8 Å². The summed E-state index contributed by atoms with van der Waals surface area (Å²) in [5.74, 6) is -1.33. The summed E-state index contributed by atoms with van der Waals surface area (Å²) in [4.78, 5) is 17.7. The number of anilines is 1. The zero-order chi connectivity index (χ0) is 43.1. The molecule has 0 aliphatic carbocycles. The fourth-order valence-corrected chi connectivity index (χ4v) is 9.24. The molecule has 2 fully saturated rings. The van der Waals surface area contributed by atoms with Crippen molar-refractivity contribution < 1.29 is 43.5 Å². The first kappa shape index (κ1) is 47.9. The number of alkyl halides is 1. The number of halogens is 1. The highest BCUT2D eigenvalue weighted by Crippen LogP contribution is 2.37. The summed E-state index contributed by atoms with van der Waals surface area (Å²) < 4.78 is 40.8. The van der Waals surface area contributed by atoms with Crippen molar-refractivity contribution in [3.63, 3.8) is 0 Å². The molecular formula is C43H73FN6O8. The number of aromatic nitrogens is 3. The lowest BCUT2D eigenvalue weighted by Gasteiger charge is -2.44. The largest absolute Gasteiger partial charge is 0.459 e. The monoisotopic (exact) mass is 821 g/mol. The number of nitrogens with two attached hydrogens (primary N) is 1. The number of carbonyl (C=O) groups is 1. The predicted octanol–water partition coefficient (Wildman–Crippen LogP) is 4.72. The number of likely N-dealkylation sites (N-methyl/N-ethyl adjacent to an activating group) is 2. The van der Waals surface area contributed by atoms with E-state index in [1.807, 2.05) is 51.8 Å². The zero-order valence-electron chi connectivity index (χ0n) is 36.8. The maximum absolute atomic E-state index is 14.5. The van der Waals surface area contributed by atoms with Crippen molar-refractivity contribution in [3.8, 4) is 0 Å². The summed E-state index contributed by atoms with van der Waals surface area (Å²) in [6.07, 6.45) is 0.715. The van der Waals surface area contributed by atoms with Gasteiger partial charge in [-0.3, -0.25) is 4.79 Å². The molecule has 14 atom stereocenters. The summed E-state index contributed by atoms with van der Waals surface area (Å²) in [6, 6.07) is 6.12. The van der Waals surface area contributed by atoms with E-state index in [4.69, 9.17) is 24.7 Å². The quantitative estimate of drug-likeness (QED) is 0.171. The lowest BCUT2D eigenvalue weighted by Crippen LogP contribution is -2.59. The minimum absolute atomic E-state index is 0.0124. The minimum atomic E-state index is -1.67. The van der Waals surface area contributed by atoms with E-state index in [0.29, 0.717) is 50.9 Å². The molecule has 330 valence electrons. The molecule has 3 heterocycles. The fraction of sp³-hybridized carbons (Fsp3) is 0.791. The molecule has 2 saturated heterocycles. The van der Waals surface area contributed by atoms with Gasteiger partial charge < -0.3 is 49.8 Å². The highest BCUT2D eigenvalue weighted by Gasteiger charge is 2.47. The summed E-state index contributed by atoms with van der Waals surface area (Å²) in [7, 11) is 5.49. The number of hydrogen-bond donors (Lipinski definition) is 4. The Kier molecular flexibility index (Phi) is 17.1. The number of hydrogen-bond acceptors (Lipinski definition) is 13. The predicted molar refractivity (Wildman–Crippen MR) is 220 cm³/mol. The summed E-state index contributed by atoms with van der Waals surface area (Å²) in [5, 5.41) is 43.7. The van der Waals surface area contributed by atoms with Crippen LogP contribution in [0.5, 0.6) is 0 Å². The number of rotatable bonds is 12. The maximum atomic E-state index is 14.5. The van der Waals surface area contributed by atoms with E-state index in [2.05, 4.69) is 29.2 Å². The topological polar surface area (TPSA) is 178 Å². The van der Waals surface area contributed by atoms with Crippen LogP contribution in [0, 0.1) is 17.8 Å². The molecule has 1 aromatic heterocycles. The van der Waals surface area contributed by atoms with Crippen molar-refractivity contribution >= 4 is 11.7 Å². The third-order valence-electron chi connectivity index (χ3n) is 12.7. The number of nitrogen functional groups attached to an aromatic ring is 1. The Labute approximate surface area is 345 Å². The van der Waals surface area contributed by atoms with Gasteiger partial charge in [-0.15, -0.1) is 5.10 Å². The van der Waals surface area contributed by atoms with E-state index in [1.54, 1.807) is 39.3 Å². The van der Waals surface area contributed by atoms with Crippen LogP contribution >= 0.6 is 0 Å². The molecule has 0 bridgehead atoms. The van der Waals surface area contributed by atoms with Gasteiger partial charge in [0, 0.05) is 57.0 Å². The summed E-state index contributed by atoms with van der Waals surface area (Å²) in [5.41, 5.74) is 5.03. The van der Waals surface area contributed by atoms with Gasteiger partial charge in [0.2, 0.25) is 0 Å². The molecule has 2 aliphatic rings. The van der Waals surface area contributed by atoms with Crippen molar-refractivity contribution in [2.24, 2.45) is 17.8 Å². The molecule has 1 aromatic carbocycles. The number of esters is 1. The first-order valence-corrected chi connectivity index (χ1v) is 21.1.